The summed E-state index contributed by atoms with van der Waals surface area (Å²) in [6.07, 6.45) is 5.43. The van der Waals surface area contributed by atoms with Gasteiger partial charge in [-0.05, 0) is 81.8 Å². The first-order valence-corrected chi connectivity index (χ1v) is 12.4. The van der Waals surface area contributed by atoms with E-state index in [1.54, 1.807) is 0 Å². The van der Waals surface area contributed by atoms with Gasteiger partial charge in [0.1, 0.15) is 13.2 Å². The van der Waals surface area contributed by atoms with Crippen LogP contribution in [-0.2, 0) is 0 Å². The number of carbonyl (C=O) groups excluding carboxylic acids is 1. The average Bonchev–Trinajstić information content (AvgIpc) is 3.33. The number of carbonyl (C=O) groups is 1. The van der Waals surface area contributed by atoms with Crippen LogP contribution in [0.15, 0.2) is 42.5 Å². The number of nitrogens with one attached hydrogen (secondary N) is 3. The van der Waals surface area contributed by atoms with Crippen LogP contribution < -0.4 is 25.4 Å². The highest BCUT2D eigenvalue weighted by atomic mass is 16.6. The van der Waals surface area contributed by atoms with Crippen LogP contribution in [0.5, 0.6) is 11.5 Å². The Labute approximate surface area is 196 Å². The van der Waals surface area contributed by atoms with Crippen LogP contribution in [0.25, 0.3) is 0 Å². The molecule has 3 N–H and O–H groups in total. The summed E-state index contributed by atoms with van der Waals surface area (Å²) in [7, 11) is 0. The lowest BCUT2D eigenvalue weighted by Crippen LogP contribution is -2.42. The molecule has 3 aliphatic rings. The van der Waals surface area contributed by atoms with E-state index in [1.165, 1.54) is 11.1 Å². The van der Waals surface area contributed by atoms with Crippen molar-refractivity contribution >= 4 is 5.91 Å². The minimum absolute atomic E-state index is 0.0469. The maximum absolute atomic E-state index is 12.6. The van der Waals surface area contributed by atoms with Crippen LogP contribution in [-0.4, -0.2) is 44.3 Å². The van der Waals surface area contributed by atoms with Gasteiger partial charge in [-0.1, -0.05) is 24.3 Å². The molecule has 1 amide bonds. The molecule has 0 radical (unpaired) electrons. The molecule has 2 aromatic carbocycles. The molecule has 2 fully saturated rings. The summed E-state index contributed by atoms with van der Waals surface area (Å²) in [4.78, 5) is 12.6. The fourth-order valence-corrected chi connectivity index (χ4v) is 5.46. The van der Waals surface area contributed by atoms with E-state index in [4.69, 9.17) is 9.47 Å². The topological polar surface area (TPSA) is 71.6 Å². The van der Waals surface area contributed by atoms with Crippen LogP contribution in [0, 0.1) is 0 Å². The van der Waals surface area contributed by atoms with Crippen molar-refractivity contribution in [2.45, 2.75) is 63.1 Å². The first kappa shape index (κ1) is 22.2. The Balaban J connectivity index is 1.16. The van der Waals surface area contributed by atoms with Crippen molar-refractivity contribution in [2.24, 2.45) is 0 Å². The monoisotopic (exact) mass is 449 g/mol. The minimum Gasteiger partial charge on any atom is -0.486 e. The predicted molar refractivity (Wildman–Crippen MR) is 129 cm³/mol. The Morgan fingerprint density at radius 2 is 1.76 bits per heavy atom. The number of benzene rings is 2. The Morgan fingerprint density at radius 1 is 0.970 bits per heavy atom. The normalized spacial score (nSPS) is 23.8. The number of rotatable bonds is 6. The molecule has 2 aromatic rings. The molecule has 33 heavy (non-hydrogen) atoms. The van der Waals surface area contributed by atoms with Crippen LogP contribution >= 0.6 is 0 Å². The third-order valence-corrected chi connectivity index (χ3v) is 7.30. The van der Waals surface area contributed by atoms with Crippen molar-refractivity contribution < 1.29 is 14.3 Å². The van der Waals surface area contributed by atoms with Crippen molar-refractivity contribution in [3.63, 3.8) is 0 Å². The van der Waals surface area contributed by atoms with Crippen molar-refractivity contribution in [3.8, 4) is 11.5 Å². The highest BCUT2D eigenvalue weighted by Crippen LogP contribution is 2.39. The first-order chi connectivity index (χ1) is 16.2. The third kappa shape index (κ3) is 5.17. The molecule has 3 atom stereocenters. The molecule has 0 aromatic heterocycles. The molecule has 1 saturated heterocycles. The summed E-state index contributed by atoms with van der Waals surface area (Å²) in [5.74, 6) is 2.31. The van der Waals surface area contributed by atoms with Gasteiger partial charge in [-0.3, -0.25) is 4.79 Å². The molecule has 0 spiro atoms. The summed E-state index contributed by atoms with van der Waals surface area (Å²) >= 11 is 0. The molecule has 6 nitrogen and oxygen atoms in total. The van der Waals surface area contributed by atoms with Crippen LogP contribution in [0.2, 0.25) is 0 Å². The van der Waals surface area contributed by atoms with Crippen molar-refractivity contribution in [3.05, 3.63) is 59.2 Å². The molecule has 3 unspecified atom stereocenters. The Hall–Kier alpha value is -2.57. The predicted octanol–water partition coefficient (Wildman–Crippen LogP) is 3.93. The Bertz CT molecular complexity index is 956. The van der Waals surface area contributed by atoms with E-state index in [0.717, 1.165) is 62.3 Å². The highest BCUT2D eigenvalue weighted by Gasteiger charge is 2.28. The van der Waals surface area contributed by atoms with Gasteiger partial charge in [0.25, 0.3) is 5.91 Å². The zero-order valence-corrected chi connectivity index (χ0v) is 19.4. The maximum atomic E-state index is 12.6. The van der Waals surface area contributed by atoms with Gasteiger partial charge in [0.2, 0.25) is 0 Å². The standard InChI is InChI=1S/C27H35N3O3/c1-18(24-3-2-4-25-26(24)33-16-15-32-25)29-23-10-9-21(17-23)19-5-7-20(8-6-19)27(31)30-22-11-13-28-14-12-22/h2-8,18,21-23,28-29H,9-17H2,1H3,(H,30,31). The SMILES string of the molecule is CC(NC1CCC(c2ccc(C(=O)NC3CCNCC3)cc2)C1)c1cccc2c1OCCO2. The third-order valence-electron chi connectivity index (χ3n) is 7.30. The molecule has 1 saturated carbocycles. The van der Waals surface area contributed by atoms with Gasteiger partial charge in [-0.2, -0.15) is 0 Å². The number of ether oxygens (including phenoxy) is 2. The van der Waals surface area contributed by atoms with Crippen molar-refractivity contribution in [2.75, 3.05) is 26.3 Å². The second-order valence-corrected chi connectivity index (χ2v) is 9.59. The van der Waals surface area contributed by atoms with Gasteiger partial charge in [0, 0.05) is 29.3 Å². The molecule has 5 rings (SSSR count). The van der Waals surface area contributed by atoms with E-state index in [2.05, 4.69) is 41.1 Å². The average molecular weight is 450 g/mol. The molecule has 176 valence electrons. The summed E-state index contributed by atoms with van der Waals surface area (Å²) in [6, 6.07) is 15.4. The van der Waals surface area contributed by atoms with E-state index in [9.17, 15) is 4.79 Å². The minimum atomic E-state index is 0.0469. The lowest BCUT2D eigenvalue weighted by molar-refractivity contribution is 0.0929. The number of hydrogen-bond acceptors (Lipinski definition) is 5. The number of fused-ring (bicyclic) bond motifs is 1. The number of hydrogen-bond donors (Lipinski definition) is 3. The Kier molecular flexibility index (Phi) is 6.83. The van der Waals surface area contributed by atoms with Gasteiger partial charge < -0.3 is 25.4 Å². The molecule has 6 heteroatoms. The van der Waals surface area contributed by atoms with E-state index < -0.39 is 0 Å². The van der Waals surface area contributed by atoms with E-state index in [1.807, 2.05) is 24.3 Å². The summed E-state index contributed by atoms with van der Waals surface area (Å²) in [5.41, 5.74) is 3.26. The quantitative estimate of drug-likeness (QED) is 0.623. The smallest absolute Gasteiger partial charge is 0.251 e. The number of piperidine rings is 1. The molecule has 1 aliphatic carbocycles. The van der Waals surface area contributed by atoms with Crippen LogP contribution in [0.3, 0.4) is 0 Å². The van der Waals surface area contributed by atoms with Gasteiger partial charge in [-0.15, -0.1) is 0 Å². The van der Waals surface area contributed by atoms with E-state index in [0.29, 0.717) is 25.2 Å². The van der Waals surface area contributed by atoms with Gasteiger partial charge in [0.05, 0.1) is 0 Å². The molecule has 2 heterocycles. The lowest BCUT2D eigenvalue weighted by Gasteiger charge is -2.26. The van der Waals surface area contributed by atoms with Gasteiger partial charge in [-0.25, -0.2) is 0 Å². The van der Waals surface area contributed by atoms with Crippen LogP contribution in [0.4, 0.5) is 0 Å². The summed E-state index contributed by atoms with van der Waals surface area (Å²) in [5, 5.41) is 10.3. The molecular weight excluding hydrogens is 414 g/mol. The van der Waals surface area contributed by atoms with Gasteiger partial charge in [0.15, 0.2) is 11.5 Å². The van der Waals surface area contributed by atoms with Crippen molar-refractivity contribution in [1.29, 1.82) is 0 Å². The zero-order valence-electron chi connectivity index (χ0n) is 19.4. The van der Waals surface area contributed by atoms with Crippen LogP contribution in [0.1, 0.15) is 72.5 Å². The van der Waals surface area contributed by atoms with Gasteiger partial charge >= 0.3 is 0 Å². The van der Waals surface area contributed by atoms with E-state index in [-0.39, 0.29) is 18.0 Å². The summed E-state index contributed by atoms with van der Waals surface area (Å²) < 4.78 is 11.7. The fourth-order valence-electron chi connectivity index (χ4n) is 5.46. The second-order valence-electron chi connectivity index (χ2n) is 9.59. The maximum Gasteiger partial charge on any atom is 0.251 e. The summed E-state index contributed by atoms with van der Waals surface area (Å²) in [6.45, 7) is 5.38. The van der Waals surface area contributed by atoms with Crippen molar-refractivity contribution in [1.82, 2.24) is 16.0 Å². The molecule has 0 bridgehead atoms. The lowest BCUT2D eigenvalue weighted by atomic mass is 9.96. The number of para-hydroxylation sites is 1. The Morgan fingerprint density at radius 3 is 2.58 bits per heavy atom. The second kappa shape index (κ2) is 10.1. The zero-order chi connectivity index (χ0) is 22.6. The van der Waals surface area contributed by atoms with E-state index >= 15 is 0 Å². The molecular formula is C27H35N3O3. The highest BCUT2D eigenvalue weighted by molar-refractivity contribution is 5.94. The first-order valence-electron chi connectivity index (χ1n) is 12.4. The largest absolute Gasteiger partial charge is 0.486 e. The number of amides is 1. The fraction of sp³-hybridized carbons (Fsp3) is 0.519. The molecule has 2 aliphatic heterocycles.